The molecule has 2 aromatic carbocycles. The minimum atomic E-state index is -0.410. The molecule has 0 saturated carbocycles. The lowest BCUT2D eigenvalue weighted by Crippen LogP contribution is -2.30. The number of rotatable bonds is 6. The Bertz CT molecular complexity index is 787. The van der Waals surface area contributed by atoms with Crippen molar-refractivity contribution >= 4 is 29.3 Å². The number of thioether (sulfide) groups is 1. The molecule has 3 rings (SSSR count). The van der Waals surface area contributed by atoms with Gasteiger partial charge in [0.2, 0.25) is 0 Å². The van der Waals surface area contributed by atoms with Gasteiger partial charge in [0.1, 0.15) is 0 Å². The molecule has 0 aromatic heterocycles. The monoisotopic (exact) mass is 342 g/mol. The second-order valence-corrected chi connectivity index (χ2v) is 6.37. The molecule has 0 bridgehead atoms. The fourth-order valence-corrected chi connectivity index (χ4v) is 3.54. The van der Waals surface area contributed by atoms with Gasteiger partial charge in [-0.2, -0.15) is 0 Å². The van der Waals surface area contributed by atoms with Crippen molar-refractivity contribution in [2.24, 2.45) is 0 Å². The number of carbonyl (C=O) groups excluding carboxylic acids is 2. The van der Waals surface area contributed by atoms with E-state index in [1.807, 2.05) is 0 Å². The molecule has 122 valence electrons. The van der Waals surface area contributed by atoms with Crippen LogP contribution < -0.4 is 0 Å². The van der Waals surface area contributed by atoms with Crippen molar-refractivity contribution in [2.45, 2.75) is 11.3 Å². The summed E-state index contributed by atoms with van der Waals surface area (Å²) < 4.78 is 0. The third kappa shape index (κ3) is 3.03. The lowest BCUT2D eigenvalue weighted by molar-refractivity contribution is -0.387. The minimum absolute atomic E-state index is 0.0724. The van der Waals surface area contributed by atoms with Gasteiger partial charge in [-0.15, -0.1) is 11.8 Å². The molecule has 0 radical (unpaired) electrons. The highest BCUT2D eigenvalue weighted by molar-refractivity contribution is 7.99. The van der Waals surface area contributed by atoms with Crippen molar-refractivity contribution < 1.29 is 14.5 Å². The summed E-state index contributed by atoms with van der Waals surface area (Å²) in [5, 5.41) is 11.0. The predicted octanol–water partition coefficient (Wildman–Crippen LogP) is 3.37. The van der Waals surface area contributed by atoms with Gasteiger partial charge in [0.05, 0.1) is 20.9 Å². The number of hydrogen-bond donors (Lipinski definition) is 0. The molecule has 0 saturated heterocycles. The van der Waals surface area contributed by atoms with E-state index in [1.165, 1.54) is 22.7 Å². The molecule has 1 heterocycles. The van der Waals surface area contributed by atoms with Gasteiger partial charge < -0.3 is 0 Å². The summed E-state index contributed by atoms with van der Waals surface area (Å²) in [5.74, 6) is 0.0377. The van der Waals surface area contributed by atoms with Crippen LogP contribution in [-0.4, -0.2) is 33.9 Å². The minimum Gasteiger partial charge on any atom is -0.274 e. The number of nitro benzene ring substituents is 1. The summed E-state index contributed by atoms with van der Waals surface area (Å²) in [4.78, 5) is 36.8. The Morgan fingerprint density at radius 2 is 1.54 bits per heavy atom. The first-order valence-electron chi connectivity index (χ1n) is 7.41. The van der Waals surface area contributed by atoms with Gasteiger partial charge in [-0.05, 0) is 30.4 Å². The van der Waals surface area contributed by atoms with Gasteiger partial charge in [-0.25, -0.2) is 0 Å². The van der Waals surface area contributed by atoms with Crippen LogP contribution >= 0.6 is 11.8 Å². The van der Waals surface area contributed by atoms with Gasteiger partial charge in [-0.1, -0.05) is 24.3 Å². The number of para-hydroxylation sites is 1. The van der Waals surface area contributed by atoms with Crippen LogP contribution in [0.5, 0.6) is 0 Å². The van der Waals surface area contributed by atoms with Crippen molar-refractivity contribution in [2.75, 3.05) is 12.3 Å². The van der Waals surface area contributed by atoms with Gasteiger partial charge in [0.25, 0.3) is 17.5 Å². The van der Waals surface area contributed by atoms with Crippen LogP contribution in [0.4, 0.5) is 5.69 Å². The Hall–Kier alpha value is -2.67. The summed E-state index contributed by atoms with van der Waals surface area (Å²) in [6.07, 6.45) is 0.572. The van der Waals surface area contributed by atoms with Crippen LogP contribution in [0.25, 0.3) is 0 Å². The highest BCUT2D eigenvalue weighted by Gasteiger charge is 2.34. The Labute approximate surface area is 142 Å². The van der Waals surface area contributed by atoms with E-state index in [1.54, 1.807) is 42.5 Å². The maximum Gasteiger partial charge on any atom is 0.282 e. The summed E-state index contributed by atoms with van der Waals surface area (Å²) in [5.41, 5.74) is 0.950. The first-order chi connectivity index (χ1) is 11.6. The van der Waals surface area contributed by atoms with E-state index in [4.69, 9.17) is 0 Å². The van der Waals surface area contributed by atoms with E-state index < -0.39 is 4.92 Å². The topological polar surface area (TPSA) is 80.5 Å². The predicted molar refractivity (Wildman–Crippen MR) is 90.2 cm³/mol. The number of fused-ring (bicyclic) bond motifs is 1. The van der Waals surface area contributed by atoms with Crippen LogP contribution in [0.3, 0.4) is 0 Å². The van der Waals surface area contributed by atoms with Crippen LogP contribution in [0.1, 0.15) is 27.1 Å². The van der Waals surface area contributed by atoms with Crippen LogP contribution in [0.15, 0.2) is 53.4 Å². The molecule has 0 fully saturated rings. The molecule has 24 heavy (non-hydrogen) atoms. The van der Waals surface area contributed by atoms with Crippen molar-refractivity contribution in [3.8, 4) is 0 Å². The fourth-order valence-electron chi connectivity index (χ4n) is 2.58. The molecule has 0 spiro atoms. The van der Waals surface area contributed by atoms with Gasteiger partial charge in [0.15, 0.2) is 0 Å². The van der Waals surface area contributed by atoms with Crippen LogP contribution in [0, 0.1) is 10.1 Å². The lowest BCUT2D eigenvalue weighted by atomic mass is 10.1. The molecular formula is C17H14N2O4S. The molecule has 0 aliphatic carbocycles. The van der Waals surface area contributed by atoms with Crippen LogP contribution in [-0.2, 0) is 0 Å². The number of benzene rings is 2. The number of nitro groups is 1. The second kappa shape index (κ2) is 6.84. The standard InChI is InChI=1S/C17H14N2O4S/c20-16-12-6-1-2-7-13(12)17(21)18(16)10-5-11-24-15-9-4-3-8-14(15)19(22)23/h1-4,6-9H,5,10-11H2. The van der Waals surface area contributed by atoms with Gasteiger partial charge >= 0.3 is 0 Å². The summed E-state index contributed by atoms with van der Waals surface area (Å²) in [7, 11) is 0. The zero-order valence-corrected chi connectivity index (χ0v) is 13.5. The third-order valence-electron chi connectivity index (χ3n) is 3.72. The van der Waals surface area contributed by atoms with E-state index in [0.717, 1.165) is 0 Å². The van der Waals surface area contributed by atoms with Crippen LogP contribution in [0.2, 0.25) is 0 Å². The third-order valence-corrected chi connectivity index (χ3v) is 4.87. The zero-order valence-electron chi connectivity index (χ0n) is 12.7. The van der Waals surface area contributed by atoms with Gasteiger partial charge in [-0.3, -0.25) is 24.6 Å². The van der Waals surface area contributed by atoms with Crippen molar-refractivity contribution in [1.29, 1.82) is 0 Å². The number of nitrogens with zero attached hydrogens (tertiary/aromatic N) is 2. The molecule has 2 aromatic rings. The highest BCUT2D eigenvalue weighted by Crippen LogP contribution is 2.29. The first kappa shape index (κ1) is 16.2. The van der Waals surface area contributed by atoms with E-state index in [-0.39, 0.29) is 17.5 Å². The molecule has 1 aliphatic rings. The summed E-state index contributed by atoms with van der Waals surface area (Å²) in [6.45, 7) is 0.306. The second-order valence-electron chi connectivity index (χ2n) is 5.23. The van der Waals surface area contributed by atoms with Crippen molar-refractivity contribution in [3.63, 3.8) is 0 Å². The molecule has 0 N–H and O–H groups in total. The van der Waals surface area contributed by atoms with E-state index in [9.17, 15) is 19.7 Å². The fraction of sp³-hybridized carbons (Fsp3) is 0.176. The molecule has 1 aliphatic heterocycles. The Morgan fingerprint density at radius 1 is 0.958 bits per heavy atom. The molecular weight excluding hydrogens is 328 g/mol. The van der Waals surface area contributed by atoms with E-state index >= 15 is 0 Å². The lowest BCUT2D eigenvalue weighted by Gasteiger charge is -2.13. The Morgan fingerprint density at radius 3 is 2.17 bits per heavy atom. The smallest absolute Gasteiger partial charge is 0.274 e. The number of hydrogen-bond acceptors (Lipinski definition) is 5. The zero-order chi connectivity index (χ0) is 17.1. The number of carbonyl (C=O) groups is 2. The molecule has 0 atom stereocenters. The maximum absolute atomic E-state index is 12.2. The number of imide groups is 1. The summed E-state index contributed by atoms with van der Waals surface area (Å²) >= 11 is 1.35. The number of amides is 2. The van der Waals surface area contributed by atoms with Crippen molar-refractivity contribution in [1.82, 2.24) is 4.90 Å². The van der Waals surface area contributed by atoms with Gasteiger partial charge in [0, 0.05) is 12.6 Å². The van der Waals surface area contributed by atoms with E-state index in [2.05, 4.69) is 0 Å². The molecule has 2 amide bonds. The maximum atomic E-state index is 12.2. The Kier molecular flexibility index (Phi) is 4.61. The molecule has 7 heteroatoms. The SMILES string of the molecule is O=C1c2ccccc2C(=O)N1CCCSc1ccccc1[N+](=O)[O-]. The van der Waals surface area contributed by atoms with Crippen molar-refractivity contribution in [3.05, 3.63) is 69.8 Å². The quantitative estimate of drug-likeness (QED) is 0.264. The summed E-state index contributed by atoms with van der Waals surface area (Å²) in [6, 6.07) is 13.3. The first-order valence-corrected chi connectivity index (χ1v) is 8.39. The normalized spacial score (nSPS) is 13.2. The molecule has 0 unspecified atom stereocenters. The average Bonchev–Trinajstić information content (AvgIpc) is 2.84. The Balaban J connectivity index is 1.58. The average molecular weight is 342 g/mol. The molecule has 6 nitrogen and oxygen atoms in total. The highest BCUT2D eigenvalue weighted by atomic mass is 32.2. The largest absolute Gasteiger partial charge is 0.282 e. The van der Waals surface area contributed by atoms with E-state index in [0.29, 0.717) is 34.7 Å².